The Morgan fingerprint density at radius 1 is 1.57 bits per heavy atom. The fourth-order valence-corrected chi connectivity index (χ4v) is 2.15. The zero-order valence-electron chi connectivity index (χ0n) is 8.53. The van der Waals surface area contributed by atoms with Crippen LogP contribution in [0.1, 0.15) is 24.5 Å². The summed E-state index contributed by atoms with van der Waals surface area (Å²) in [5, 5.41) is 3.55. The quantitative estimate of drug-likeness (QED) is 0.819. The highest BCUT2D eigenvalue weighted by Crippen LogP contribution is 2.20. The lowest BCUT2D eigenvalue weighted by Crippen LogP contribution is -2.41. The van der Waals surface area contributed by atoms with Crippen LogP contribution in [0.15, 0.2) is 12.3 Å². The van der Waals surface area contributed by atoms with E-state index in [0.717, 1.165) is 11.5 Å². The van der Waals surface area contributed by atoms with Crippen molar-refractivity contribution in [1.82, 2.24) is 15.3 Å². The molecule has 1 aliphatic heterocycles. The van der Waals surface area contributed by atoms with E-state index in [0.29, 0.717) is 12.1 Å². The largest absolute Gasteiger partial charge is 0.304 e. The minimum atomic E-state index is 0.336. The van der Waals surface area contributed by atoms with E-state index >= 15 is 0 Å². The number of thioether (sulfide) groups is 1. The van der Waals surface area contributed by atoms with Crippen LogP contribution < -0.4 is 5.32 Å². The van der Waals surface area contributed by atoms with Crippen LogP contribution in [0.25, 0.3) is 0 Å². The second-order valence-electron chi connectivity index (χ2n) is 3.65. The van der Waals surface area contributed by atoms with Crippen molar-refractivity contribution in [3.63, 3.8) is 0 Å². The highest BCUT2D eigenvalue weighted by Gasteiger charge is 2.20. The van der Waals surface area contributed by atoms with E-state index < -0.39 is 0 Å². The molecule has 1 unspecified atom stereocenters. The summed E-state index contributed by atoms with van der Waals surface area (Å²) >= 11 is 1.99. The summed E-state index contributed by atoms with van der Waals surface area (Å²) in [4.78, 5) is 8.50. The molecule has 0 saturated carbocycles. The molecule has 1 aromatic heterocycles. The fraction of sp³-hybridized carbons (Fsp3) is 0.600. The van der Waals surface area contributed by atoms with E-state index in [4.69, 9.17) is 0 Å². The van der Waals surface area contributed by atoms with Gasteiger partial charge in [-0.2, -0.15) is 11.8 Å². The Balaban J connectivity index is 1.98. The summed E-state index contributed by atoms with van der Waals surface area (Å²) in [7, 11) is 0. The molecule has 4 heteroatoms. The zero-order valence-corrected chi connectivity index (χ0v) is 9.34. The van der Waals surface area contributed by atoms with Gasteiger partial charge in [0.25, 0.3) is 0 Å². The number of rotatable bonds is 3. The Labute approximate surface area is 88.7 Å². The molecule has 0 aromatic carbocycles. The Morgan fingerprint density at radius 2 is 2.36 bits per heavy atom. The third kappa shape index (κ3) is 2.25. The van der Waals surface area contributed by atoms with Gasteiger partial charge in [0.1, 0.15) is 5.82 Å². The molecule has 0 amide bonds. The third-order valence-electron chi connectivity index (χ3n) is 2.36. The van der Waals surface area contributed by atoms with Gasteiger partial charge in [0, 0.05) is 29.8 Å². The molecular formula is C10H15N3S. The third-order valence-corrected chi connectivity index (χ3v) is 3.64. The second-order valence-corrected chi connectivity index (χ2v) is 4.73. The highest BCUT2D eigenvalue weighted by atomic mass is 32.2. The number of hydrogen-bond acceptors (Lipinski definition) is 4. The number of hydrogen-bond donors (Lipinski definition) is 1. The summed E-state index contributed by atoms with van der Waals surface area (Å²) in [6.45, 7) is 4.08. The van der Waals surface area contributed by atoms with Crippen LogP contribution in [0, 0.1) is 6.92 Å². The minimum Gasteiger partial charge on any atom is -0.304 e. The van der Waals surface area contributed by atoms with E-state index in [1.54, 1.807) is 0 Å². The highest BCUT2D eigenvalue weighted by molar-refractivity contribution is 8.00. The van der Waals surface area contributed by atoms with Crippen LogP contribution >= 0.6 is 11.8 Å². The molecule has 0 spiro atoms. The van der Waals surface area contributed by atoms with Crippen molar-refractivity contribution in [2.45, 2.75) is 25.9 Å². The van der Waals surface area contributed by atoms with Gasteiger partial charge in [0.15, 0.2) is 0 Å². The molecule has 1 aliphatic rings. The lowest BCUT2D eigenvalue weighted by Gasteiger charge is -2.29. The first-order chi connectivity index (χ1) is 6.75. The average Bonchev–Trinajstić information content (AvgIpc) is 2.11. The second kappa shape index (κ2) is 4.28. The first kappa shape index (κ1) is 9.93. The van der Waals surface area contributed by atoms with E-state index in [1.807, 2.05) is 30.9 Å². The molecule has 1 aromatic rings. The van der Waals surface area contributed by atoms with E-state index in [1.165, 1.54) is 11.5 Å². The van der Waals surface area contributed by atoms with Crippen molar-refractivity contribution in [2.24, 2.45) is 0 Å². The summed E-state index contributed by atoms with van der Waals surface area (Å²) in [5.74, 6) is 3.31. The zero-order chi connectivity index (χ0) is 9.97. The molecule has 2 heterocycles. The van der Waals surface area contributed by atoms with Crippen LogP contribution in [0.4, 0.5) is 0 Å². The maximum absolute atomic E-state index is 4.40. The van der Waals surface area contributed by atoms with Gasteiger partial charge in [-0.05, 0) is 19.9 Å². The predicted octanol–water partition coefficient (Wildman–Crippen LogP) is 1.55. The average molecular weight is 209 g/mol. The first-order valence-corrected chi connectivity index (χ1v) is 6.04. The van der Waals surface area contributed by atoms with E-state index in [2.05, 4.69) is 22.2 Å². The molecule has 76 valence electrons. The summed E-state index contributed by atoms with van der Waals surface area (Å²) in [6.07, 6.45) is 1.82. The fourth-order valence-electron chi connectivity index (χ4n) is 1.49. The molecule has 14 heavy (non-hydrogen) atoms. The topological polar surface area (TPSA) is 37.8 Å². The van der Waals surface area contributed by atoms with E-state index in [9.17, 15) is 0 Å². The molecule has 1 N–H and O–H groups in total. The molecule has 0 bridgehead atoms. The van der Waals surface area contributed by atoms with Gasteiger partial charge in [-0.25, -0.2) is 9.97 Å². The van der Waals surface area contributed by atoms with Crippen LogP contribution in [-0.4, -0.2) is 27.5 Å². The molecule has 1 fully saturated rings. The van der Waals surface area contributed by atoms with Crippen molar-refractivity contribution >= 4 is 11.8 Å². The van der Waals surface area contributed by atoms with Gasteiger partial charge in [0.05, 0.1) is 5.69 Å². The number of aromatic nitrogens is 2. The summed E-state index contributed by atoms with van der Waals surface area (Å²) in [6, 6.07) is 2.99. The maximum atomic E-state index is 4.40. The minimum absolute atomic E-state index is 0.336. The van der Waals surface area contributed by atoms with Gasteiger partial charge >= 0.3 is 0 Å². The van der Waals surface area contributed by atoms with Crippen LogP contribution in [0.5, 0.6) is 0 Å². The molecule has 0 radical (unpaired) electrons. The first-order valence-electron chi connectivity index (χ1n) is 4.89. The smallest absolute Gasteiger partial charge is 0.125 e. The van der Waals surface area contributed by atoms with Crippen molar-refractivity contribution in [2.75, 3.05) is 11.5 Å². The van der Waals surface area contributed by atoms with Gasteiger partial charge in [0.2, 0.25) is 0 Å². The van der Waals surface area contributed by atoms with Crippen LogP contribution in [0.2, 0.25) is 0 Å². The van der Waals surface area contributed by atoms with Crippen molar-refractivity contribution in [1.29, 1.82) is 0 Å². The monoisotopic (exact) mass is 209 g/mol. The molecular weight excluding hydrogens is 194 g/mol. The van der Waals surface area contributed by atoms with Crippen LogP contribution in [-0.2, 0) is 0 Å². The van der Waals surface area contributed by atoms with Crippen molar-refractivity contribution in [3.05, 3.63) is 23.8 Å². The molecule has 0 aliphatic carbocycles. The number of nitrogens with zero attached hydrogens (tertiary/aromatic N) is 2. The number of aryl methyl sites for hydroxylation is 1. The standard InChI is InChI=1S/C10H15N3S/c1-7(12-9-5-14-6-9)10-3-4-11-8(2)13-10/h3-4,7,9,12H,5-6H2,1-2H3. The van der Waals surface area contributed by atoms with Gasteiger partial charge in [-0.3, -0.25) is 0 Å². The summed E-state index contributed by atoms with van der Waals surface area (Å²) in [5.41, 5.74) is 1.09. The van der Waals surface area contributed by atoms with Crippen LogP contribution in [0.3, 0.4) is 0 Å². The Hall–Kier alpha value is -0.610. The Bertz CT molecular complexity index is 312. The SMILES string of the molecule is Cc1nccc(C(C)NC2CSC2)n1. The number of nitrogens with one attached hydrogen (secondary N) is 1. The van der Waals surface area contributed by atoms with Crippen molar-refractivity contribution in [3.8, 4) is 0 Å². The van der Waals surface area contributed by atoms with Gasteiger partial charge < -0.3 is 5.32 Å². The maximum Gasteiger partial charge on any atom is 0.125 e. The van der Waals surface area contributed by atoms with Gasteiger partial charge in [-0.15, -0.1) is 0 Å². The lowest BCUT2D eigenvalue weighted by molar-refractivity contribution is 0.492. The van der Waals surface area contributed by atoms with E-state index in [-0.39, 0.29) is 0 Å². The normalized spacial score (nSPS) is 19.0. The predicted molar refractivity (Wildman–Crippen MR) is 59.4 cm³/mol. The molecule has 3 nitrogen and oxygen atoms in total. The molecule has 1 atom stereocenters. The van der Waals surface area contributed by atoms with Gasteiger partial charge in [-0.1, -0.05) is 0 Å². The summed E-state index contributed by atoms with van der Waals surface area (Å²) < 4.78 is 0. The Kier molecular flexibility index (Phi) is 3.03. The van der Waals surface area contributed by atoms with Crippen molar-refractivity contribution < 1.29 is 0 Å². The lowest BCUT2D eigenvalue weighted by atomic mass is 10.2. The molecule has 2 rings (SSSR count). The molecule has 1 saturated heterocycles. The Morgan fingerprint density at radius 3 is 2.93 bits per heavy atom.